The highest BCUT2D eigenvalue weighted by Gasteiger charge is 2.54. The van der Waals surface area contributed by atoms with Crippen LogP contribution in [0.5, 0.6) is 0 Å². The van der Waals surface area contributed by atoms with Crippen molar-refractivity contribution in [3.8, 4) is 0 Å². The minimum Gasteiger partial charge on any atom is -0.481 e. The Balaban J connectivity index is 0.00000128. The van der Waals surface area contributed by atoms with Crippen molar-refractivity contribution < 1.29 is 9.90 Å². The monoisotopic (exact) mass is 247 g/mol. The summed E-state index contributed by atoms with van der Waals surface area (Å²) < 4.78 is 0. The van der Waals surface area contributed by atoms with Crippen molar-refractivity contribution in [1.29, 1.82) is 0 Å². The van der Waals surface area contributed by atoms with Gasteiger partial charge in [0.2, 0.25) is 0 Å². The van der Waals surface area contributed by atoms with Gasteiger partial charge in [0, 0.05) is 13.1 Å². The lowest BCUT2D eigenvalue weighted by Crippen LogP contribution is -2.35. The van der Waals surface area contributed by atoms with Gasteiger partial charge in [-0.05, 0) is 31.7 Å². The van der Waals surface area contributed by atoms with Gasteiger partial charge in [0.15, 0.2) is 0 Å². The van der Waals surface area contributed by atoms with E-state index in [1.807, 2.05) is 0 Å². The van der Waals surface area contributed by atoms with Crippen molar-refractivity contribution in [2.45, 2.75) is 39.0 Å². The first-order valence-corrected chi connectivity index (χ1v) is 6.15. The van der Waals surface area contributed by atoms with Gasteiger partial charge in [0.25, 0.3) is 0 Å². The molecule has 0 aromatic carbocycles. The van der Waals surface area contributed by atoms with Crippen molar-refractivity contribution in [3.63, 3.8) is 0 Å². The lowest BCUT2D eigenvalue weighted by atomic mass is 9.81. The molecule has 1 heterocycles. The van der Waals surface area contributed by atoms with Crippen LogP contribution in [0.15, 0.2) is 0 Å². The molecule has 16 heavy (non-hydrogen) atoms. The SMILES string of the molecule is CCCCN1C[C@@H]2CCC[C@@]2(C(=O)O)C1.Cl. The van der Waals surface area contributed by atoms with Gasteiger partial charge in [-0.25, -0.2) is 0 Å². The number of likely N-dealkylation sites (tertiary alicyclic amines) is 1. The van der Waals surface area contributed by atoms with Gasteiger partial charge in [0.05, 0.1) is 5.41 Å². The van der Waals surface area contributed by atoms with Crippen LogP contribution in [0.25, 0.3) is 0 Å². The molecule has 2 atom stereocenters. The van der Waals surface area contributed by atoms with Crippen molar-refractivity contribution in [2.75, 3.05) is 19.6 Å². The molecule has 0 spiro atoms. The summed E-state index contributed by atoms with van der Waals surface area (Å²) in [6.45, 7) is 5.09. The van der Waals surface area contributed by atoms with E-state index >= 15 is 0 Å². The van der Waals surface area contributed by atoms with Crippen LogP contribution in [0.4, 0.5) is 0 Å². The number of hydrogen-bond acceptors (Lipinski definition) is 2. The number of carbonyl (C=O) groups is 1. The maximum atomic E-state index is 11.4. The molecule has 1 aliphatic carbocycles. The number of aliphatic carboxylic acids is 1. The molecule has 1 saturated carbocycles. The zero-order chi connectivity index (χ0) is 10.9. The van der Waals surface area contributed by atoms with Crippen molar-refractivity contribution in [2.24, 2.45) is 11.3 Å². The normalized spacial score (nSPS) is 33.4. The molecule has 1 saturated heterocycles. The largest absolute Gasteiger partial charge is 0.481 e. The van der Waals surface area contributed by atoms with Crippen LogP contribution in [0, 0.1) is 11.3 Å². The first kappa shape index (κ1) is 13.8. The molecule has 2 aliphatic rings. The maximum absolute atomic E-state index is 11.4. The highest BCUT2D eigenvalue weighted by molar-refractivity contribution is 5.85. The van der Waals surface area contributed by atoms with Gasteiger partial charge in [0.1, 0.15) is 0 Å². The lowest BCUT2D eigenvalue weighted by Gasteiger charge is -2.23. The average molecular weight is 248 g/mol. The van der Waals surface area contributed by atoms with E-state index in [4.69, 9.17) is 0 Å². The second-order valence-electron chi connectivity index (χ2n) is 5.14. The van der Waals surface area contributed by atoms with Crippen LogP contribution < -0.4 is 0 Å². The third-order valence-electron chi connectivity index (χ3n) is 4.20. The third-order valence-corrected chi connectivity index (χ3v) is 4.20. The van der Waals surface area contributed by atoms with Gasteiger partial charge in [-0.3, -0.25) is 4.79 Å². The van der Waals surface area contributed by atoms with Crippen LogP contribution in [0.3, 0.4) is 0 Å². The van der Waals surface area contributed by atoms with E-state index in [1.54, 1.807) is 0 Å². The van der Waals surface area contributed by atoms with E-state index in [0.717, 1.165) is 38.9 Å². The molecule has 0 aromatic heterocycles. The fourth-order valence-corrected chi connectivity index (χ4v) is 3.30. The van der Waals surface area contributed by atoms with Gasteiger partial charge in [-0.1, -0.05) is 19.8 Å². The topological polar surface area (TPSA) is 40.5 Å². The average Bonchev–Trinajstić information content (AvgIpc) is 2.70. The van der Waals surface area contributed by atoms with Gasteiger partial charge in [-0.15, -0.1) is 12.4 Å². The van der Waals surface area contributed by atoms with Gasteiger partial charge in [-0.2, -0.15) is 0 Å². The highest BCUT2D eigenvalue weighted by atomic mass is 35.5. The Hall–Kier alpha value is -0.280. The van der Waals surface area contributed by atoms with E-state index in [0.29, 0.717) is 5.92 Å². The van der Waals surface area contributed by atoms with Crippen LogP contribution in [-0.2, 0) is 4.79 Å². The molecular weight excluding hydrogens is 226 g/mol. The van der Waals surface area contributed by atoms with E-state index in [-0.39, 0.29) is 17.8 Å². The molecule has 0 bridgehead atoms. The predicted octanol–water partition coefficient (Wildman–Crippen LogP) is 2.40. The highest BCUT2D eigenvalue weighted by Crippen LogP contribution is 2.48. The molecule has 2 fully saturated rings. The van der Waals surface area contributed by atoms with E-state index in [2.05, 4.69) is 11.8 Å². The molecule has 1 N–H and O–H groups in total. The van der Waals surface area contributed by atoms with Crippen LogP contribution in [-0.4, -0.2) is 35.6 Å². The number of unbranched alkanes of at least 4 members (excludes halogenated alkanes) is 1. The molecule has 1 aliphatic heterocycles. The number of rotatable bonds is 4. The molecule has 2 rings (SSSR count). The number of fused-ring (bicyclic) bond motifs is 1. The first-order valence-electron chi connectivity index (χ1n) is 6.15. The molecular formula is C12H22ClNO2. The molecule has 4 heteroatoms. The molecule has 0 radical (unpaired) electrons. The maximum Gasteiger partial charge on any atom is 0.311 e. The van der Waals surface area contributed by atoms with Crippen molar-refractivity contribution in [3.05, 3.63) is 0 Å². The summed E-state index contributed by atoms with van der Waals surface area (Å²) in [5.41, 5.74) is -0.381. The van der Waals surface area contributed by atoms with Gasteiger partial charge >= 0.3 is 5.97 Å². The molecule has 3 nitrogen and oxygen atoms in total. The quantitative estimate of drug-likeness (QED) is 0.829. The van der Waals surface area contributed by atoms with Gasteiger partial charge < -0.3 is 10.0 Å². The second kappa shape index (κ2) is 5.37. The fraction of sp³-hybridized carbons (Fsp3) is 0.917. The lowest BCUT2D eigenvalue weighted by molar-refractivity contribution is -0.149. The summed E-state index contributed by atoms with van der Waals surface area (Å²) in [6.07, 6.45) is 5.52. The Labute approximate surface area is 104 Å². The van der Waals surface area contributed by atoms with Crippen LogP contribution in [0.2, 0.25) is 0 Å². The minimum atomic E-state index is -0.552. The summed E-state index contributed by atoms with van der Waals surface area (Å²) in [6, 6.07) is 0. The number of nitrogens with zero attached hydrogens (tertiary/aromatic N) is 1. The fourth-order valence-electron chi connectivity index (χ4n) is 3.30. The standard InChI is InChI=1S/C12H21NO2.ClH/c1-2-3-7-13-8-10-5-4-6-12(10,9-13)11(14)15;/h10H,2-9H2,1H3,(H,14,15);1H/t10-,12+;/m0./s1. The third kappa shape index (κ3) is 2.21. The Morgan fingerprint density at radius 1 is 1.56 bits per heavy atom. The summed E-state index contributed by atoms with van der Waals surface area (Å²) in [5, 5.41) is 9.39. The molecule has 94 valence electrons. The Kier molecular flexibility index (Phi) is 4.62. The van der Waals surface area contributed by atoms with E-state index in [1.165, 1.54) is 12.8 Å². The van der Waals surface area contributed by atoms with Crippen molar-refractivity contribution >= 4 is 18.4 Å². The number of halogens is 1. The predicted molar refractivity (Wildman–Crippen MR) is 66.0 cm³/mol. The number of carboxylic acids is 1. The Morgan fingerprint density at radius 2 is 2.31 bits per heavy atom. The Morgan fingerprint density at radius 3 is 2.88 bits per heavy atom. The number of hydrogen-bond donors (Lipinski definition) is 1. The number of carboxylic acid groups (broad SMARTS) is 1. The molecule has 0 unspecified atom stereocenters. The van der Waals surface area contributed by atoms with Crippen molar-refractivity contribution in [1.82, 2.24) is 4.90 Å². The summed E-state index contributed by atoms with van der Waals surface area (Å²) in [5.74, 6) is -0.129. The summed E-state index contributed by atoms with van der Waals surface area (Å²) in [4.78, 5) is 13.8. The van der Waals surface area contributed by atoms with E-state index < -0.39 is 5.97 Å². The second-order valence-corrected chi connectivity index (χ2v) is 5.14. The Bertz CT molecular complexity index is 259. The van der Waals surface area contributed by atoms with E-state index in [9.17, 15) is 9.90 Å². The minimum absolute atomic E-state index is 0. The summed E-state index contributed by atoms with van der Waals surface area (Å²) in [7, 11) is 0. The zero-order valence-corrected chi connectivity index (χ0v) is 10.8. The smallest absolute Gasteiger partial charge is 0.311 e. The summed E-state index contributed by atoms with van der Waals surface area (Å²) >= 11 is 0. The molecule has 0 aromatic rings. The van der Waals surface area contributed by atoms with Crippen LogP contribution in [0.1, 0.15) is 39.0 Å². The zero-order valence-electron chi connectivity index (χ0n) is 9.95. The molecule has 0 amide bonds. The van der Waals surface area contributed by atoms with Crippen LogP contribution >= 0.6 is 12.4 Å². The first-order chi connectivity index (χ1) is 7.19.